The van der Waals surface area contributed by atoms with Crippen LogP contribution in [0.3, 0.4) is 0 Å². The van der Waals surface area contributed by atoms with E-state index < -0.39 is 0 Å². The number of hydrogen-bond donors (Lipinski definition) is 2. The van der Waals surface area contributed by atoms with E-state index in [1.165, 1.54) is 0 Å². The van der Waals surface area contributed by atoms with Crippen LogP contribution in [-0.2, 0) is 9.53 Å². The molecule has 0 bridgehead atoms. The van der Waals surface area contributed by atoms with E-state index in [-0.39, 0.29) is 23.8 Å². The molecule has 0 spiro atoms. The number of hydroxylamine groups is 1. The van der Waals surface area contributed by atoms with Crippen molar-refractivity contribution in [2.24, 2.45) is 5.41 Å². The molecule has 1 fully saturated rings. The van der Waals surface area contributed by atoms with Gasteiger partial charge in [-0.05, 0) is 24.1 Å². The summed E-state index contributed by atoms with van der Waals surface area (Å²) in [5, 5.41) is 8.60. The molecule has 1 aromatic carbocycles. The molecule has 0 aliphatic carbocycles. The largest absolute Gasteiger partial charge is 0.497 e. The Morgan fingerprint density at radius 2 is 2.21 bits per heavy atom. The van der Waals surface area contributed by atoms with E-state index in [0.717, 1.165) is 17.7 Å². The third kappa shape index (κ3) is 3.24. The maximum absolute atomic E-state index is 11.3. The minimum Gasteiger partial charge on any atom is -0.497 e. The maximum atomic E-state index is 11.3. The molecule has 0 radical (unpaired) electrons. The fourth-order valence-electron chi connectivity index (χ4n) is 2.45. The second kappa shape index (κ2) is 5.59. The van der Waals surface area contributed by atoms with E-state index in [1.54, 1.807) is 12.6 Å². The summed E-state index contributed by atoms with van der Waals surface area (Å²) >= 11 is 0. The van der Waals surface area contributed by atoms with Gasteiger partial charge in [-0.15, -0.1) is 0 Å². The van der Waals surface area contributed by atoms with E-state index in [2.05, 4.69) is 0 Å². The third-order valence-electron chi connectivity index (χ3n) is 3.51. The van der Waals surface area contributed by atoms with Crippen LogP contribution in [0.2, 0.25) is 0 Å². The molecule has 1 aliphatic rings. The highest BCUT2D eigenvalue weighted by Gasteiger charge is 2.38. The lowest BCUT2D eigenvalue weighted by atomic mass is 9.83. The normalized spacial score (nSPS) is 26.2. The predicted octanol–water partition coefficient (Wildman–Crippen LogP) is 2.06. The molecule has 1 saturated heterocycles. The van der Waals surface area contributed by atoms with E-state index >= 15 is 0 Å². The summed E-state index contributed by atoms with van der Waals surface area (Å²) in [7, 11) is 1.63. The van der Waals surface area contributed by atoms with Gasteiger partial charge >= 0.3 is 0 Å². The van der Waals surface area contributed by atoms with Gasteiger partial charge in [0.15, 0.2) is 0 Å². The zero-order chi connectivity index (χ0) is 13.9. The van der Waals surface area contributed by atoms with Crippen molar-refractivity contribution in [2.45, 2.75) is 25.9 Å². The van der Waals surface area contributed by atoms with Gasteiger partial charge in [0, 0.05) is 11.8 Å². The summed E-state index contributed by atoms with van der Waals surface area (Å²) in [5.74, 6) is 0.436. The van der Waals surface area contributed by atoms with Crippen LogP contribution in [0.25, 0.3) is 0 Å². The average Bonchev–Trinajstić information content (AvgIpc) is 2.81. The van der Waals surface area contributed by atoms with Gasteiger partial charge in [-0.1, -0.05) is 19.1 Å². The Bertz CT molecular complexity index is 445. The molecule has 5 heteroatoms. The fourth-order valence-corrected chi connectivity index (χ4v) is 2.45. The number of rotatable bonds is 4. The Labute approximate surface area is 112 Å². The highest BCUT2D eigenvalue weighted by atomic mass is 16.5. The van der Waals surface area contributed by atoms with Crippen molar-refractivity contribution in [1.82, 2.24) is 5.48 Å². The van der Waals surface area contributed by atoms with Gasteiger partial charge in [-0.2, -0.15) is 0 Å². The Kier molecular flexibility index (Phi) is 4.07. The Morgan fingerprint density at radius 3 is 2.79 bits per heavy atom. The van der Waals surface area contributed by atoms with Crippen LogP contribution >= 0.6 is 0 Å². The first kappa shape index (κ1) is 13.8. The van der Waals surface area contributed by atoms with Gasteiger partial charge < -0.3 is 9.47 Å². The van der Waals surface area contributed by atoms with Gasteiger partial charge in [0.1, 0.15) is 5.75 Å². The van der Waals surface area contributed by atoms with E-state index in [4.69, 9.17) is 14.7 Å². The number of methoxy groups -OCH3 is 1. The smallest absolute Gasteiger partial charge is 0.243 e. The third-order valence-corrected chi connectivity index (χ3v) is 3.51. The topological polar surface area (TPSA) is 67.8 Å². The van der Waals surface area contributed by atoms with Gasteiger partial charge in [0.2, 0.25) is 5.91 Å². The van der Waals surface area contributed by atoms with Gasteiger partial charge in [0.05, 0.1) is 19.8 Å². The molecule has 2 rings (SSSR count). The summed E-state index contributed by atoms with van der Waals surface area (Å²) in [6, 6.07) is 7.74. The lowest BCUT2D eigenvalue weighted by Gasteiger charge is -2.20. The Hall–Kier alpha value is -1.59. The summed E-state index contributed by atoms with van der Waals surface area (Å²) in [6.45, 7) is 2.50. The quantitative estimate of drug-likeness (QED) is 0.646. The van der Waals surface area contributed by atoms with Crippen molar-refractivity contribution < 1.29 is 19.5 Å². The number of amides is 1. The maximum Gasteiger partial charge on any atom is 0.243 e. The minimum atomic E-state index is -0.374. The van der Waals surface area contributed by atoms with Crippen molar-refractivity contribution in [3.05, 3.63) is 29.8 Å². The molecule has 1 aromatic rings. The van der Waals surface area contributed by atoms with Crippen molar-refractivity contribution in [1.29, 1.82) is 0 Å². The summed E-state index contributed by atoms with van der Waals surface area (Å²) < 4.78 is 10.9. The molecule has 1 aliphatic heterocycles. The van der Waals surface area contributed by atoms with Gasteiger partial charge in [0.25, 0.3) is 0 Å². The molecular formula is C14H19NO4. The summed E-state index contributed by atoms with van der Waals surface area (Å²) in [4.78, 5) is 11.3. The van der Waals surface area contributed by atoms with Crippen molar-refractivity contribution in [3.8, 4) is 5.75 Å². The molecular weight excluding hydrogens is 246 g/mol. The van der Waals surface area contributed by atoms with Crippen LogP contribution in [-0.4, -0.2) is 24.8 Å². The molecule has 2 unspecified atom stereocenters. The first-order valence-electron chi connectivity index (χ1n) is 6.25. The zero-order valence-corrected chi connectivity index (χ0v) is 11.2. The number of carbonyl (C=O) groups is 1. The highest BCUT2D eigenvalue weighted by Crippen LogP contribution is 2.42. The zero-order valence-electron chi connectivity index (χ0n) is 11.2. The molecule has 0 saturated carbocycles. The number of ether oxygens (including phenoxy) is 2. The molecule has 5 nitrogen and oxygen atoms in total. The molecule has 0 aromatic heterocycles. The molecule has 2 atom stereocenters. The fraction of sp³-hybridized carbons (Fsp3) is 0.500. The predicted molar refractivity (Wildman–Crippen MR) is 69.0 cm³/mol. The molecule has 19 heavy (non-hydrogen) atoms. The summed E-state index contributed by atoms with van der Waals surface area (Å²) in [5.41, 5.74) is 2.51. The van der Waals surface area contributed by atoms with Crippen LogP contribution in [0.15, 0.2) is 24.3 Å². The van der Waals surface area contributed by atoms with Crippen LogP contribution in [0.5, 0.6) is 5.75 Å². The molecule has 2 N–H and O–H groups in total. The average molecular weight is 265 g/mol. The van der Waals surface area contributed by atoms with Crippen LogP contribution in [0.1, 0.15) is 31.4 Å². The lowest BCUT2D eigenvalue weighted by molar-refractivity contribution is -0.131. The van der Waals surface area contributed by atoms with Crippen molar-refractivity contribution in [2.75, 3.05) is 13.7 Å². The highest BCUT2D eigenvalue weighted by molar-refractivity contribution is 5.75. The number of nitrogens with one attached hydrogen (secondary N) is 1. The monoisotopic (exact) mass is 265 g/mol. The van der Waals surface area contributed by atoms with E-state index in [0.29, 0.717) is 6.61 Å². The first-order valence-corrected chi connectivity index (χ1v) is 6.25. The van der Waals surface area contributed by atoms with E-state index in [1.807, 2.05) is 31.2 Å². The second-order valence-electron chi connectivity index (χ2n) is 5.30. The van der Waals surface area contributed by atoms with Crippen LogP contribution in [0, 0.1) is 5.41 Å². The van der Waals surface area contributed by atoms with Crippen LogP contribution < -0.4 is 10.2 Å². The van der Waals surface area contributed by atoms with Crippen LogP contribution in [0.4, 0.5) is 0 Å². The molecule has 104 valence electrons. The van der Waals surface area contributed by atoms with Gasteiger partial charge in [-0.25, -0.2) is 5.48 Å². The molecule has 1 amide bonds. The van der Waals surface area contributed by atoms with Gasteiger partial charge in [-0.3, -0.25) is 10.0 Å². The number of benzene rings is 1. The van der Waals surface area contributed by atoms with E-state index in [9.17, 15) is 4.79 Å². The molecule has 1 heterocycles. The SMILES string of the molecule is COc1ccc(C2CC(C)(CC(=O)NO)CO2)cc1. The standard InChI is InChI=1S/C14H19NO4/c1-14(8-13(16)15-17)7-12(19-9-14)10-3-5-11(18-2)6-4-10/h3-6,12,17H,7-9H2,1-2H3,(H,15,16). The lowest BCUT2D eigenvalue weighted by Crippen LogP contribution is -2.28. The number of carbonyl (C=O) groups excluding carboxylic acids is 1. The van der Waals surface area contributed by atoms with Crippen molar-refractivity contribution >= 4 is 5.91 Å². The second-order valence-corrected chi connectivity index (χ2v) is 5.30. The number of hydrogen-bond acceptors (Lipinski definition) is 4. The Balaban J connectivity index is 2.02. The first-order chi connectivity index (χ1) is 9.06. The summed E-state index contributed by atoms with van der Waals surface area (Å²) in [6.07, 6.45) is 1.01. The minimum absolute atomic E-state index is 0.0117. The van der Waals surface area contributed by atoms with Crippen molar-refractivity contribution in [3.63, 3.8) is 0 Å². The Morgan fingerprint density at radius 1 is 1.53 bits per heavy atom.